The second kappa shape index (κ2) is 11.6. The first-order valence-electron chi connectivity index (χ1n) is 9.63. The van der Waals surface area contributed by atoms with Crippen molar-refractivity contribution < 1.29 is 29.3 Å². The first-order chi connectivity index (χ1) is 14.4. The topological polar surface area (TPSA) is 130 Å². The number of benzene rings is 2. The van der Waals surface area contributed by atoms with Crippen LogP contribution in [0.15, 0.2) is 54.6 Å². The van der Waals surface area contributed by atoms with Crippen LogP contribution in [-0.4, -0.2) is 52.1 Å². The molecule has 1 atom stereocenters. The van der Waals surface area contributed by atoms with Gasteiger partial charge in [0.15, 0.2) is 0 Å². The van der Waals surface area contributed by atoms with Crippen LogP contribution in [0, 0.1) is 0 Å². The molecule has 8 nitrogen and oxygen atoms in total. The van der Waals surface area contributed by atoms with E-state index in [4.69, 9.17) is 20.7 Å². The number of hydrogen-bond donors (Lipinski definition) is 3. The number of aliphatic carboxylic acids is 2. The zero-order chi connectivity index (χ0) is 21.9. The van der Waals surface area contributed by atoms with E-state index < -0.39 is 18.0 Å². The molecule has 0 aliphatic heterocycles. The zero-order valence-electron chi connectivity index (χ0n) is 16.6. The third kappa shape index (κ3) is 7.56. The van der Waals surface area contributed by atoms with Crippen LogP contribution in [0.3, 0.4) is 0 Å². The minimum atomic E-state index is -1.11. The number of amides is 1. The monoisotopic (exact) mass is 414 g/mol. The van der Waals surface area contributed by atoms with E-state index in [2.05, 4.69) is 0 Å². The van der Waals surface area contributed by atoms with E-state index in [1.807, 2.05) is 30.3 Å². The van der Waals surface area contributed by atoms with Crippen molar-refractivity contribution in [3.05, 3.63) is 65.7 Å². The van der Waals surface area contributed by atoms with E-state index >= 15 is 0 Å². The predicted molar refractivity (Wildman–Crippen MR) is 110 cm³/mol. The molecule has 0 saturated carbocycles. The number of carbonyl (C=O) groups is 3. The number of carbonyl (C=O) groups excluding carboxylic acids is 1. The van der Waals surface area contributed by atoms with E-state index in [9.17, 15) is 14.4 Å². The summed E-state index contributed by atoms with van der Waals surface area (Å²) >= 11 is 0. The van der Waals surface area contributed by atoms with Crippen LogP contribution in [0.2, 0.25) is 0 Å². The standard InChI is InChI=1S/C22H26N2O6/c23-19(22(28)29)7-4-13-24(14-12-20(25)26)21(27)17-8-10-18(11-9-17)30-15-16-5-2-1-3-6-16/h1-3,5-6,8-11,19H,4,7,12-15,23H2,(H,25,26)(H,28,29)/t19-/m0/s1. The zero-order valence-corrected chi connectivity index (χ0v) is 16.6. The van der Waals surface area contributed by atoms with Crippen molar-refractivity contribution in [3.8, 4) is 5.75 Å². The molecule has 0 unspecified atom stereocenters. The fraction of sp³-hybridized carbons (Fsp3) is 0.318. The van der Waals surface area contributed by atoms with E-state index in [1.54, 1.807) is 24.3 Å². The number of rotatable bonds is 12. The van der Waals surface area contributed by atoms with E-state index in [0.29, 0.717) is 24.3 Å². The van der Waals surface area contributed by atoms with Gasteiger partial charge in [0.1, 0.15) is 18.4 Å². The summed E-state index contributed by atoms with van der Waals surface area (Å²) in [6.07, 6.45) is 0.352. The van der Waals surface area contributed by atoms with Crippen molar-refractivity contribution in [3.63, 3.8) is 0 Å². The first kappa shape index (κ1) is 22.9. The molecular formula is C22H26N2O6. The van der Waals surface area contributed by atoms with Gasteiger partial charge in [-0.25, -0.2) is 0 Å². The summed E-state index contributed by atoms with van der Waals surface area (Å²) in [5, 5.41) is 17.8. The van der Waals surface area contributed by atoms with Gasteiger partial charge in [0.2, 0.25) is 0 Å². The second-order valence-electron chi connectivity index (χ2n) is 6.82. The maximum absolute atomic E-state index is 12.8. The van der Waals surface area contributed by atoms with Crippen LogP contribution in [0.25, 0.3) is 0 Å². The molecule has 0 aliphatic carbocycles. The van der Waals surface area contributed by atoms with Gasteiger partial charge < -0.3 is 25.6 Å². The summed E-state index contributed by atoms with van der Waals surface area (Å²) in [6, 6.07) is 15.3. The van der Waals surface area contributed by atoms with Gasteiger partial charge in [0.25, 0.3) is 5.91 Å². The summed E-state index contributed by atoms with van der Waals surface area (Å²) in [6.45, 7) is 0.658. The maximum atomic E-state index is 12.8. The van der Waals surface area contributed by atoms with Crippen molar-refractivity contribution in [1.29, 1.82) is 0 Å². The van der Waals surface area contributed by atoms with E-state index in [1.165, 1.54) is 4.90 Å². The average molecular weight is 414 g/mol. The van der Waals surface area contributed by atoms with Gasteiger partial charge in [-0.1, -0.05) is 30.3 Å². The second-order valence-corrected chi connectivity index (χ2v) is 6.82. The number of hydrogen-bond acceptors (Lipinski definition) is 5. The van der Waals surface area contributed by atoms with Crippen LogP contribution in [0.1, 0.15) is 35.2 Å². The fourth-order valence-electron chi connectivity index (χ4n) is 2.79. The summed E-state index contributed by atoms with van der Waals surface area (Å²) in [7, 11) is 0. The van der Waals surface area contributed by atoms with Gasteiger partial charge in [-0.05, 0) is 42.7 Å². The molecule has 0 saturated heterocycles. The smallest absolute Gasteiger partial charge is 0.320 e. The molecule has 0 heterocycles. The highest BCUT2D eigenvalue weighted by Gasteiger charge is 2.18. The predicted octanol–water partition coefficient (Wildman–Crippen LogP) is 2.37. The van der Waals surface area contributed by atoms with Crippen LogP contribution in [-0.2, 0) is 16.2 Å². The highest BCUT2D eigenvalue weighted by Crippen LogP contribution is 2.16. The third-order valence-corrected chi connectivity index (χ3v) is 4.49. The number of ether oxygens (including phenoxy) is 1. The van der Waals surface area contributed by atoms with Gasteiger partial charge in [-0.15, -0.1) is 0 Å². The highest BCUT2D eigenvalue weighted by molar-refractivity contribution is 5.94. The average Bonchev–Trinajstić information content (AvgIpc) is 2.75. The van der Waals surface area contributed by atoms with Gasteiger partial charge in [-0.3, -0.25) is 14.4 Å². The van der Waals surface area contributed by atoms with Crippen molar-refractivity contribution in [2.75, 3.05) is 13.1 Å². The number of carboxylic acid groups (broad SMARTS) is 2. The summed E-state index contributed by atoms with van der Waals surface area (Å²) in [5.74, 6) is -1.83. The van der Waals surface area contributed by atoms with Gasteiger partial charge in [0.05, 0.1) is 6.42 Å². The number of nitrogens with two attached hydrogens (primary N) is 1. The Hall–Kier alpha value is -3.39. The molecule has 160 valence electrons. The quantitative estimate of drug-likeness (QED) is 0.486. The van der Waals surface area contributed by atoms with Crippen molar-refractivity contribution in [2.45, 2.75) is 31.9 Å². The Balaban J connectivity index is 1.97. The lowest BCUT2D eigenvalue weighted by Gasteiger charge is -2.22. The molecule has 0 aliphatic rings. The molecule has 0 bridgehead atoms. The molecule has 8 heteroatoms. The third-order valence-electron chi connectivity index (χ3n) is 4.49. The Labute approximate surface area is 174 Å². The van der Waals surface area contributed by atoms with Crippen molar-refractivity contribution in [2.24, 2.45) is 5.73 Å². The van der Waals surface area contributed by atoms with Gasteiger partial charge in [0, 0.05) is 18.7 Å². The Morgan fingerprint density at radius 2 is 1.63 bits per heavy atom. The lowest BCUT2D eigenvalue weighted by molar-refractivity contribution is -0.139. The molecule has 2 rings (SSSR count). The largest absolute Gasteiger partial charge is 0.489 e. The van der Waals surface area contributed by atoms with E-state index in [0.717, 1.165) is 5.56 Å². The Bertz CT molecular complexity index is 838. The molecule has 0 spiro atoms. The van der Waals surface area contributed by atoms with E-state index in [-0.39, 0.29) is 31.8 Å². The molecular weight excluding hydrogens is 388 g/mol. The maximum Gasteiger partial charge on any atom is 0.320 e. The van der Waals surface area contributed by atoms with Gasteiger partial charge in [-0.2, -0.15) is 0 Å². The van der Waals surface area contributed by atoms with Crippen LogP contribution >= 0.6 is 0 Å². The Morgan fingerprint density at radius 1 is 0.967 bits per heavy atom. The molecule has 0 aromatic heterocycles. The van der Waals surface area contributed by atoms with Crippen LogP contribution < -0.4 is 10.5 Å². The number of nitrogens with zero attached hydrogens (tertiary/aromatic N) is 1. The molecule has 0 fully saturated rings. The van der Waals surface area contributed by atoms with Crippen molar-refractivity contribution in [1.82, 2.24) is 4.90 Å². The Kier molecular flexibility index (Phi) is 8.83. The summed E-state index contributed by atoms with van der Waals surface area (Å²) in [5.41, 5.74) is 6.91. The van der Waals surface area contributed by atoms with Crippen molar-refractivity contribution >= 4 is 17.8 Å². The lowest BCUT2D eigenvalue weighted by Crippen LogP contribution is -2.36. The molecule has 2 aromatic carbocycles. The Morgan fingerprint density at radius 3 is 2.23 bits per heavy atom. The lowest BCUT2D eigenvalue weighted by atomic mass is 10.1. The normalized spacial score (nSPS) is 11.5. The fourth-order valence-corrected chi connectivity index (χ4v) is 2.79. The first-order valence-corrected chi connectivity index (χ1v) is 9.63. The summed E-state index contributed by atoms with van der Waals surface area (Å²) < 4.78 is 5.71. The molecule has 1 amide bonds. The summed E-state index contributed by atoms with van der Waals surface area (Å²) in [4.78, 5) is 35.9. The molecule has 30 heavy (non-hydrogen) atoms. The minimum absolute atomic E-state index is 0.0305. The van der Waals surface area contributed by atoms with Crippen LogP contribution in [0.4, 0.5) is 0 Å². The molecule has 2 aromatic rings. The SMILES string of the molecule is N[C@@H](CCCN(CCC(=O)O)C(=O)c1ccc(OCc2ccccc2)cc1)C(=O)O. The number of carboxylic acids is 2. The molecule has 0 radical (unpaired) electrons. The highest BCUT2D eigenvalue weighted by atomic mass is 16.5. The minimum Gasteiger partial charge on any atom is -0.489 e. The molecule has 4 N–H and O–H groups in total. The van der Waals surface area contributed by atoms with Gasteiger partial charge >= 0.3 is 11.9 Å². The van der Waals surface area contributed by atoms with Crippen LogP contribution in [0.5, 0.6) is 5.75 Å².